The number of halogens is 1. The number of ether oxygens (including phenoxy) is 2. The maximum atomic E-state index is 13.5. The number of hydrogen-bond donors (Lipinski definition) is 1. The van der Waals surface area contributed by atoms with E-state index < -0.39 is 0 Å². The lowest BCUT2D eigenvalue weighted by Gasteiger charge is -2.19. The van der Waals surface area contributed by atoms with E-state index in [2.05, 4.69) is 6.07 Å². The molecule has 0 bridgehead atoms. The second-order valence-electron chi connectivity index (χ2n) is 5.72. The summed E-state index contributed by atoms with van der Waals surface area (Å²) >= 11 is 0. The van der Waals surface area contributed by atoms with Crippen LogP contribution in [-0.2, 0) is 0 Å². The van der Waals surface area contributed by atoms with Crippen LogP contribution in [0, 0.1) is 19.7 Å². The lowest BCUT2D eigenvalue weighted by atomic mass is 9.95. The molecule has 0 aliphatic rings. The molecule has 0 aliphatic carbocycles. The van der Waals surface area contributed by atoms with Crippen LogP contribution in [0.5, 0.6) is 11.5 Å². The van der Waals surface area contributed by atoms with Gasteiger partial charge in [-0.3, -0.25) is 0 Å². The quantitative estimate of drug-likeness (QED) is 0.840. The second-order valence-corrected chi connectivity index (χ2v) is 5.72. The lowest BCUT2D eigenvalue weighted by Crippen LogP contribution is -2.17. The molecule has 0 aromatic heterocycles. The fourth-order valence-electron chi connectivity index (χ4n) is 2.60. The Kier molecular flexibility index (Phi) is 5.99. The van der Waals surface area contributed by atoms with Gasteiger partial charge in [-0.1, -0.05) is 12.1 Å². The van der Waals surface area contributed by atoms with Gasteiger partial charge in [-0.05, 0) is 62.2 Å². The summed E-state index contributed by atoms with van der Waals surface area (Å²) in [4.78, 5) is 0. The van der Waals surface area contributed by atoms with Crippen molar-refractivity contribution >= 4 is 0 Å². The Morgan fingerprint density at radius 2 is 1.87 bits per heavy atom. The van der Waals surface area contributed by atoms with Crippen molar-refractivity contribution in [1.29, 1.82) is 0 Å². The van der Waals surface area contributed by atoms with E-state index in [1.165, 1.54) is 12.1 Å². The molecule has 0 saturated carbocycles. The van der Waals surface area contributed by atoms with Crippen molar-refractivity contribution in [2.75, 3.05) is 20.3 Å². The third-order valence-electron chi connectivity index (χ3n) is 3.98. The monoisotopic (exact) mass is 317 g/mol. The highest BCUT2D eigenvalue weighted by molar-refractivity contribution is 5.38. The molecule has 0 spiro atoms. The minimum Gasteiger partial charge on any atom is -0.496 e. The van der Waals surface area contributed by atoms with Gasteiger partial charge in [-0.2, -0.15) is 0 Å². The fourth-order valence-corrected chi connectivity index (χ4v) is 2.60. The highest BCUT2D eigenvalue weighted by Gasteiger charge is 2.16. The maximum Gasteiger partial charge on any atom is 0.123 e. The Labute approximate surface area is 137 Å². The molecule has 0 amide bonds. The Balaban J connectivity index is 2.06. The van der Waals surface area contributed by atoms with Crippen LogP contribution in [0.4, 0.5) is 4.39 Å². The van der Waals surface area contributed by atoms with E-state index in [1.807, 2.05) is 26.0 Å². The number of methoxy groups -OCH3 is 1. The first-order valence-corrected chi connectivity index (χ1v) is 7.78. The zero-order valence-electron chi connectivity index (χ0n) is 13.9. The average molecular weight is 317 g/mol. The molecule has 2 aromatic carbocycles. The Bertz CT molecular complexity index is 658. The Hall–Kier alpha value is -2.07. The van der Waals surface area contributed by atoms with Gasteiger partial charge in [-0.25, -0.2) is 4.39 Å². The van der Waals surface area contributed by atoms with Crippen LogP contribution in [0.15, 0.2) is 36.4 Å². The zero-order valence-corrected chi connectivity index (χ0v) is 13.9. The maximum absolute atomic E-state index is 13.5. The van der Waals surface area contributed by atoms with E-state index in [-0.39, 0.29) is 11.7 Å². The molecule has 0 fully saturated rings. The molecule has 0 saturated heterocycles. The largest absolute Gasteiger partial charge is 0.496 e. The van der Waals surface area contributed by atoms with E-state index in [4.69, 9.17) is 15.2 Å². The number of hydrogen-bond acceptors (Lipinski definition) is 3. The topological polar surface area (TPSA) is 44.5 Å². The van der Waals surface area contributed by atoms with Crippen LogP contribution < -0.4 is 15.2 Å². The molecular formula is C19H24FNO2. The lowest BCUT2D eigenvalue weighted by molar-refractivity contribution is 0.294. The SMILES string of the molecule is COc1ccc(F)cc1C(CN)CCOc1cc(C)ccc1C. The molecule has 4 heteroatoms. The summed E-state index contributed by atoms with van der Waals surface area (Å²) in [5, 5.41) is 0. The van der Waals surface area contributed by atoms with Crippen LogP contribution in [-0.4, -0.2) is 20.3 Å². The summed E-state index contributed by atoms with van der Waals surface area (Å²) in [6, 6.07) is 10.6. The average Bonchev–Trinajstić information content (AvgIpc) is 2.54. The highest BCUT2D eigenvalue weighted by atomic mass is 19.1. The van der Waals surface area contributed by atoms with Crippen molar-refractivity contribution in [3.63, 3.8) is 0 Å². The van der Waals surface area contributed by atoms with E-state index >= 15 is 0 Å². The summed E-state index contributed by atoms with van der Waals surface area (Å²) in [6.07, 6.45) is 0.698. The molecule has 2 aromatic rings. The van der Waals surface area contributed by atoms with E-state index in [9.17, 15) is 4.39 Å². The summed E-state index contributed by atoms with van der Waals surface area (Å²) in [5.41, 5.74) is 8.93. The van der Waals surface area contributed by atoms with Crippen molar-refractivity contribution in [2.24, 2.45) is 5.73 Å². The minimum atomic E-state index is -0.283. The Morgan fingerprint density at radius 3 is 2.57 bits per heavy atom. The first-order valence-electron chi connectivity index (χ1n) is 7.78. The zero-order chi connectivity index (χ0) is 16.8. The predicted octanol–water partition coefficient (Wildman–Crippen LogP) is 3.96. The van der Waals surface area contributed by atoms with Crippen LogP contribution in [0.1, 0.15) is 29.0 Å². The fraction of sp³-hybridized carbons (Fsp3) is 0.368. The molecule has 23 heavy (non-hydrogen) atoms. The molecule has 0 radical (unpaired) electrons. The standard InChI is InChI=1S/C19H24FNO2/c1-13-4-5-14(2)19(10-13)23-9-8-15(12-21)17-11-16(20)6-7-18(17)22-3/h4-7,10-11,15H,8-9,12,21H2,1-3H3. The summed E-state index contributed by atoms with van der Waals surface area (Å²) in [7, 11) is 1.58. The van der Waals surface area contributed by atoms with Crippen LogP contribution in [0.2, 0.25) is 0 Å². The second kappa shape index (κ2) is 7.97. The van der Waals surface area contributed by atoms with Gasteiger partial charge in [-0.15, -0.1) is 0 Å². The smallest absolute Gasteiger partial charge is 0.123 e. The number of rotatable bonds is 7. The minimum absolute atomic E-state index is 0.00855. The van der Waals surface area contributed by atoms with E-state index in [0.717, 1.165) is 22.4 Å². The molecule has 1 unspecified atom stereocenters. The van der Waals surface area contributed by atoms with Crippen molar-refractivity contribution in [3.8, 4) is 11.5 Å². The van der Waals surface area contributed by atoms with Crippen LogP contribution in [0.25, 0.3) is 0 Å². The van der Waals surface area contributed by atoms with Gasteiger partial charge in [0.2, 0.25) is 0 Å². The molecule has 2 rings (SSSR count). The van der Waals surface area contributed by atoms with Crippen LogP contribution >= 0.6 is 0 Å². The summed E-state index contributed by atoms with van der Waals surface area (Å²) in [5.74, 6) is 1.25. The molecule has 0 aliphatic heterocycles. The van der Waals surface area contributed by atoms with Gasteiger partial charge in [0.05, 0.1) is 13.7 Å². The first-order chi connectivity index (χ1) is 11.0. The van der Waals surface area contributed by atoms with Crippen molar-refractivity contribution in [1.82, 2.24) is 0 Å². The molecular weight excluding hydrogens is 293 g/mol. The van der Waals surface area contributed by atoms with Gasteiger partial charge in [0.15, 0.2) is 0 Å². The number of benzene rings is 2. The molecule has 3 nitrogen and oxygen atoms in total. The van der Waals surface area contributed by atoms with Crippen molar-refractivity contribution < 1.29 is 13.9 Å². The number of nitrogens with two attached hydrogens (primary N) is 1. The predicted molar refractivity (Wildman–Crippen MR) is 90.8 cm³/mol. The molecule has 1 atom stereocenters. The van der Waals surface area contributed by atoms with Crippen molar-refractivity contribution in [3.05, 3.63) is 58.9 Å². The highest BCUT2D eigenvalue weighted by Crippen LogP contribution is 2.29. The van der Waals surface area contributed by atoms with Crippen molar-refractivity contribution in [2.45, 2.75) is 26.2 Å². The van der Waals surface area contributed by atoms with Gasteiger partial charge < -0.3 is 15.2 Å². The number of aryl methyl sites for hydroxylation is 2. The molecule has 2 N–H and O–H groups in total. The summed E-state index contributed by atoms with van der Waals surface area (Å²) < 4.78 is 24.7. The first kappa shape index (κ1) is 17.3. The van der Waals surface area contributed by atoms with Gasteiger partial charge in [0, 0.05) is 11.5 Å². The van der Waals surface area contributed by atoms with Gasteiger partial charge in [0.1, 0.15) is 17.3 Å². The third kappa shape index (κ3) is 4.45. The normalized spacial score (nSPS) is 12.0. The van der Waals surface area contributed by atoms with E-state index in [0.29, 0.717) is 25.3 Å². The third-order valence-corrected chi connectivity index (χ3v) is 3.98. The molecule has 0 heterocycles. The van der Waals surface area contributed by atoms with E-state index in [1.54, 1.807) is 13.2 Å². The summed E-state index contributed by atoms with van der Waals surface area (Å²) in [6.45, 7) is 4.99. The van der Waals surface area contributed by atoms with Gasteiger partial charge >= 0.3 is 0 Å². The van der Waals surface area contributed by atoms with Crippen LogP contribution in [0.3, 0.4) is 0 Å². The molecule has 124 valence electrons. The van der Waals surface area contributed by atoms with Gasteiger partial charge in [0.25, 0.3) is 0 Å². The Morgan fingerprint density at radius 1 is 1.09 bits per heavy atom.